The maximum absolute atomic E-state index is 12.4. The minimum atomic E-state index is -0.434. The van der Waals surface area contributed by atoms with E-state index in [2.05, 4.69) is 5.48 Å². The Hall–Kier alpha value is -0.810. The van der Waals surface area contributed by atoms with Crippen LogP contribution in [-0.2, 0) is 9.57 Å². The lowest BCUT2D eigenvalue weighted by atomic mass is 9.71. The van der Waals surface area contributed by atoms with Crippen LogP contribution in [0.1, 0.15) is 52.9 Å². The van der Waals surface area contributed by atoms with Crippen LogP contribution in [0.25, 0.3) is 0 Å². The first-order valence-corrected chi connectivity index (χ1v) is 8.28. The van der Waals surface area contributed by atoms with Crippen LogP contribution >= 0.6 is 0 Å². The second-order valence-corrected chi connectivity index (χ2v) is 7.85. The van der Waals surface area contributed by atoms with E-state index in [0.717, 1.165) is 13.1 Å². The van der Waals surface area contributed by atoms with Gasteiger partial charge in [0.2, 0.25) is 0 Å². The second kappa shape index (κ2) is 5.43. The summed E-state index contributed by atoms with van der Waals surface area (Å²) in [5.74, 6) is 1.01. The third-order valence-electron chi connectivity index (χ3n) is 5.15. The molecule has 2 aliphatic heterocycles. The quantitative estimate of drug-likeness (QED) is 0.808. The number of amides is 1. The summed E-state index contributed by atoms with van der Waals surface area (Å²) in [6, 6.07) is 0. The van der Waals surface area contributed by atoms with Gasteiger partial charge < -0.3 is 14.5 Å². The molecule has 2 saturated heterocycles. The van der Waals surface area contributed by atoms with E-state index in [9.17, 15) is 4.79 Å². The lowest BCUT2D eigenvalue weighted by molar-refractivity contribution is 0.00484. The van der Waals surface area contributed by atoms with Gasteiger partial charge in [-0.2, -0.15) is 5.48 Å². The lowest BCUT2D eigenvalue weighted by Crippen LogP contribution is -2.53. The molecule has 120 valence electrons. The highest BCUT2D eigenvalue weighted by Gasteiger charge is 2.56. The zero-order chi connectivity index (χ0) is 15.1. The van der Waals surface area contributed by atoms with Gasteiger partial charge in [-0.3, -0.25) is 0 Å². The number of ether oxygens (including phenoxy) is 1. The van der Waals surface area contributed by atoms with Crippen molar-refractivity contribution in [1.82, 2.24) is 10.4 Å². The third-order valence-corrected chi connectivity index (χ3v) is 5.15. The summed E-state index contributed by atoms with van der Waals surface area (Å²) in [6.45, 7) is 7.92. The smallest absolute Gasteiger partial charge is 0.410 e. The zero-order valence-corrected chi connectivity index (χ0v) is 13.5. The molecule has 0 spiro atoms. The van der Waals surface area contributed by atoms with Crippen molar-refractivity contribution in [2.75, 3.05) is 19.7 Å². The summed E-state index contributed by atoms with van der Waals surface area (Å²) in [5.41, 5.74) is 2.82. The molecule has 0 aromatic heterocycles. The Morgan fingerprint density at radius 3 is 2.62 bits per heavy atom. The zero-order valence-electron chi connectivity index (χ0n) is 13.5. The molecule has 1 N–H and O–H groups in total. The van der Waals surface area contributed by atoms with Crippen LogP contribution in [0.3, 0.4) is 0 Å². The molecular weight excluding hydrogens is 268 g/mol. The number of hydrogen-bond donors (Lipinski definition) is 1. The monoisotopic (exact) mass is 296 g/mol. The van der Waals surface area contributed by atoms with Crippen molar-refractivity contribution >= 4 is 6.09 Å². The van der Waals surface area contributed by atoms with E-state index in [1.54, 1.807) is 0 Å². The molecule has 3 fully saturated rings. The number of hydrogen-bond acceptors (Lipinski definition) is 4. The van der Waals surface area contributed by atoms with Crippen molar-refractivity contribution in [1.29, 1.82) is 0 Å². The topological polar surface area (TPSA) is 50.8 Å². The number of nitrogens with one attached hydrogen (secondary N) is 1. The minimum Gasteiger partial charge on any atom is -0.444 e. The molecule has 2 unspecified atom stereocenters. The molecule has 2 heterocycles. The molecule has 0 aromatic rings. The maximum Gasteiger partial charge on any atom is 0.410 e. The van der Waals surface area contributed by atoms with Gasteiger partial charge in [0.1, 0.15) is 5.60 Å². The van der Waals surface area contributed by atoms with Crippen LogP contribution in [0.5, 0.6) is 0 Å². The molecule has 1 aliphatic carbocycles. The summed E-state index contributed by atoms with van der Waals surface area (Å²) >= 11 is 0. The minimum absolute atomic E-state index is 0.0443. The van der Waals surface area contributed by atoms with Gasteiger partial charge in [0.15, 0.2) is 0 Å². The summed E-state index contributed by atoms with van der Waals surface area (Å²) in [5, 5.41) is 0. The van der Waals surface area contributed by atoms with Crippen molar-refractivity contribution in [3.63, 3.8) is 0 Å². The molecule has 0 aromatic carbocycles. The summed E-state index contributed by atoms with van der Waals surface area (Å²) in [4.78, 5) is 19.8. The predicted molar refractivity (Wildman–Crippen MR) is 79.7 cm³/mol. The fraction of sp³-hybridized carbons (Fsp3) is 0.938. The third kappa shape index (κ3) is 2.90. The first kappa shape index (κ1) is 15.1. The van der Waals surface area contributed by atoms with E-state index in [1.165, 1.54) is 32.1 Å². The fourth-order valence-electron chi connectivity index (χ4n) is 4.16. The number of rotatable bonds is 1. The van der Waals surface area contributed by atoms with Crippen LogP contribution in [0.15, 0.2) is 0 Å². The van der Waals surface area contributed by atoms with Gasteiger partial charge in [-0.05, 0) is 39.5 Å². The first-order chi connectivity index (χ1) is 9.91. The van der Waals surface area contributed by atoms with Crippen LogP contribution in [0.2, 0.25) is 0 Å². The van der Waals surface area contributed by atoms with Crippen molar-refractivity contribution < 1.29 is 14.4 Å². The molecule has 21 heavy (non-hydrogen) atoms. The average molecular weight is 296 g/mol. The normalized spacial score (nSPS) is 34.0. The Balaban J connectivity index is 1.71. The molecule has 1 amide bonds. The number of hydroxylamine groups is 1. The van der Waals surface area contributed by atoms with E-state index in [-0.39, 0.29) is 11.6 Å². The van der Waals surface area contributed by atoms with Crippen molar-refractivity contribution in [2.24, 2.45) is 11.8 Å². The van der Waals surface area contributed by atoms with Gasteiger partial charge in [-0.1, -0.05) is 19.3 Å². The van der Waals surface area contributed by atoms with Crippen LogP contribution in [0.4, 0.5) is 4.79 Å². The number of nitrogens with zero attached hydrogens (tertiary/aromatic N) is 1. The number of fused-ring (bicyclic) bond motifs is 1. The molecule has 0 bridgehead atoms. The summed E-state index contributed by atoms with van der Waals surface area (Å²) in [6.07, 6.45) is 6.24. The highest BCUT2D eigenvalue weighted by Crippen LogP contribution is 2.44. The molecule has 3 aliphatic rings. The van der Waals surface area contributed by atoms with Gasteiger partial charge in [0.25, 0.3) is 0 Å². The molecule has 1 saturated carbocycles. The summed E-state index contributed by atoms with van der Waals surface area (Å²) in [7, 11) is 0. The predicted octanol–water partition coefficient (Wildman–Crippen LogP) is 2.71. The van der Waals surface area contributed by atoms with Crippen LogP contribution in [0, 0.1) is 11.8 Å². The number of carbonyl (C=O) groups excluding carboxylic acids is 1. The maximum atomic E-state index is 12.4. The number of carbonyl (C=O) groups is 1. The van der Waals surface area contributed by atoms with E-state index in [0.29, 0.717) is 18.4 Å². The molecule has 5 nitrogen and oxygen atoms in total. The van der Waals surface area contributed by atoms with Crippen molar-refractivity contribution in [3.8, 4) is 0 Å². The average Bonchev–Trinajstić information content (AvgIpc) is 2.95. The van der Waals surface area contributed by atoms with Gasteiger partial charge in [0.05, 0.1) is 12.1 Å². The van der Waals surface area contributed by atoms with E-state index >= 15 is 0 Å². The molecule has 5 heteroatoms. The highest BCUT2D eigenvalue weighted by molar-refractivity contribution is 5.69. The Morgan fingerprint density at radius 2 is 1.95 bits per heavy atom. The van der Waals surface area contributed by atoms with E-state index in [4.69, 9.17) is 9.57 Å². The highest BCUT2D eigenvalue weighted by atomic mass is 16.7. The van der Waals surface area contributed by atoms with Gasteiger partial charge in [-0.25, -0.2) is 4.79 Å². The second-order valence-electron chi connectivity index (χ2n) is 7.85. The standard InChI is InChI=1S/C16H28N2O3/c1-15(2,3)21-14(19)18-9-13-10-20-17-16(13,11-18)12-7-5-4-6-8-12/h12-13,17H,4-11H2,1-3H3. The Bertz CT molecular complexity index is 401. The van der Waals surface area contributed by atoms with Crippen molar-refractivity contribution in [2.45, 2.75) is 64.0 Å². The van der Waals surface area contributed by atoms with Gasteiger partial charge >= 0.3 is 6.09 Å². The van der Waals surface area contributed by atoms with Crippen LogP contribution < -0.4 is 5.48 Å². The molecule has 2 atom stereocenters. The van der Waals surface area contributed by atoms with E-state index in [1.807, 2.05) is 25.7 Å². The Morgan fingerprint density at radius 1 is 1.24 bits per heavy atom. The number of likely N-dealkylation sites (tertiary alicyclic amines) is 1. The summed E-state index contributed by atoms with van der Waals surface area (Å²) < 4.78 is 5.54. The Labute approximate surface area is 127 Å². The van der Waals surface area contributed by atoms with Crippen molar-refractivity contribution in [3.05, 3.63) is 0 Å². The first-order valence-electron chi connectivity index (χ1n) is 8.28. The molecule has 0 radical (unpaired) electrons. The molecule has 3 rings (SSSR count). The Kier molecular flexibility index (Phi) is 3.91. The lowest BCUT2D eigenvalue weighted by Gasteiger charge is -2.38. The SMILES string of the molecule is CC(C)(C)OC(=O)N1CC2CONC2(C2CCCCC2)C1. The van der Waals surface area contributed by atoms with Crippen LogP contribution in [-0.4, -0.2) is 41.8 Å². The van der Waals surface area contributed by atoms with E-state index < -0.39 is 5.60 Å². The van der Waals surface area contributed by atoms with Gasteiger partial charge in [-0.15, -0.1) is 0 Å². The molecular formula is C16H28N2O3. The van der Waals surface area contributed by atoms with Gasteiger partial charge in [0, 0.05) is 19.0 Å². The fourth-order valence-corrected chi connectivity index (χ4v) is 4.16. The largest absolute Gasteiger partial charge is 0.444 e.